The number of para-hydroxylation sites is 2. The highest BCUT2D eigenvalue weighted by Crippen LogP contribution is 2.37. The molecule has 0 amide bonds. The zero-order valence-corrected chi connectivity index (χ0v) is 11.4. The Morgan fingerprint density at radius 1 is 1.05 bits per heavy atom. The average molecular weight is 277 g/mol. The fourth-order valence-corrected chi connectivity index (χ4v) is 3.03. The normalized spacial score (nSPS) is 10.3. The van der Waals surface area contributed by atoms with Gasteiger partial charge in [0.05, 0.1) is 11.1 Å². The second-order valence-corrected chi connectivity index (χ2v) is 5.32. The van der Waals surface area contributed by atoms with Crippen molar-refractivity contribution in [3.8, 4) is 6.07 Å². The fourth-order valence-electron chi connectivity index (χ4n) is 1.99. The number of nitrogens with two attached hydrogens (primary N) is 1. The minimum absolute atomic E-state index is 0.567. The maximum Gasteiger partial charge on any atom is 0.102 e. The lowest BCUT2D eigenvalue weighted by Gasteiger charge is -2.09. The van der Waals surface area contributed by atoms with Crippen LogP contribution in [0.25, 0.3) is 10.9 Å². The van der Waals surface area contributed by atoms with Crippen LogP contribution in [0.1, 0.15) is 5.56 Å². The van der Waals surface area contributed by atoms with Gasteiger partial charge in [0.1, 0.15) is 6.07 Å². The molecule has 4 heteroatoms. The molecule has 0 atom stereocenters. The van der Waals surface area contributed by atoms with Gasteiger partial charge in [-0.3, -0.25) is 4.98 Å². The summed E-state index contributed by atoms with van der Waals surface area (Å²) in [7, 11) is 0. The van der Waals surface area contributed by atoms with Gasteiger partial charge in [-0.15, -0.1) is 0 Å². The molecule has 3 aromatic rings. The summed E-state index contributed by atoms with van der Waals surface area (Å²) in [6, 6.07) is 17.7. The van der Waals surface area contributed by atoms with Crippen LogP contribution in [0.2, 0.25) is 0 Å². The van der Waals surface area contributed by atoms with E-state index in [9.17, 15) is 5.26 Å². The quantitative estimate of drug-likeness (QED) is 0.723. The Morgan fingerprint density at radius 2 is 1.80 bits per heavy atom. The molecule has 0 unspecified atom stereocenters. The first-order valence-corrected chi connectivity index (χ1v) is 6.91. The van der Waals surface area contributed by atoms with Crippen LogP contribution >= 0.6 is 11.8 Å². The molecule has 3 nitrogen and oxygen atoms in total. The third-order valence-corrected chi connectivity index (χ3v) is 4.21. The van der Waals surface area contributed by atoms with Crippen molar-refractivity contribution in [1.29, 1.82) is 5.26 Å². The Morgan fingerprint density at radius 3 is 2.60 bits per heavy atom. The number of fused-ring (bicyclic) bond motifs is 1. The van der Waals surface area contributed by atoms with E-state index in [2.05, 4.69) is 11.1 Å². The summed E-state index contributed by atoms with van der Waals surface area (Å²) in [5.41, 5.74) is 8.14. The maximum atomic E-state index is 9.29. The van der Waals surface area contributed by atoms with Crippen LogP contribution in [0.15, 0.2) is 64.5 Å². The van der Waals surface area contributed by atoms with Gasteiger partial charge in [0, 0.05) is 27.1 Å². The van der Waals surface area contributed by atoms with Gasteiger partial charge in [0.2, 0.25) is 0 Å². The number of nitrogen functional groups attached to an aromatic ring is 1. The van der Waals surface area contributed by atoms with E-state index in [1.807, 2.05) is 48.5 Å². The highest BCUT2D eigenvalue weighted by molar-refractivity contribution is 7.99. The number of benzene rings is 2. The summed E-state index contributed by atoms with van der Waals surface area (Å²) in [6.07, 6.45) is 1.61. The van der Waals surface area contributed by atoms with Gasteiger partial charge in [0.25, 0.3) is 0 Å². The zero-order chi connectivity index (χ0) is 13.9. The van der Waals surface area contributed by atoms with Crippen molar-refractivity contribution in [1.82, 2.24) is 4.98 Å². The van der Waals surface area contributed by atoms with Crippen LogP contribution in [0.4, 0.5) is 5.69 Å². The predicted molar refractivity (Wildman–Crippen MR) is 81.4 cm³/mol. The van der Waals surface area contributed by atoms with E-state index in [0.717, 1.165) is 20.7 Å². The second-order valence-electron chi connectivity index (χ2n) is 4.27. The standard InChI is InChI=1S/C16H11N3S/c17-9-11-10-19-14-7-3-1-5-12(14)16(11)20-15-8-4-2-6-13(15)18/h1-8,10H,18H2. The highest BCUT2D eigenvalue weighted by Gasteiger charge is 2.11. The minimum atomic E-state index is 0.567. The summed E-state index contributed by atoms with van der Waals surface area (Å²) in [4.78, 5) is 6.15. The summed E-state index contributed by atoms with van der Waals surface area (Å²) in [6.45, 7) is 0. The molecule has 2 N–H and O–H groups in total. The first-order chi connectivity index (χ1) is 9.79. The lowest BCUT2D eigenvalue weighted by Crippen LogP contribution is -1.91. The van der Waals surface area contributed by atoms with Crippen LogP contribution in [-0.2, 0) is 0 Å². The van der Waals surface area contributed by atoms with E-state index in [1.165, 1.54) is 11.8 Å². The number of nitriles is 1. The third kappa shape index (κ3) is 2.20. The van der Waals surface area contributed by atoms with Gasteiger partial charge in [-0.25, -0.2) is 0 Å². The van der Waals surface area contributed by atoms with Crippen LogP contribution in [0, 0.1) is 11.3 Å². The number of hydrogen-bond acceptors (Lipinski definition) is 4. The van der Waals surface area contributed by atoms with E-state index in [0.29, 0.717) is 11.3 Å². The number of rotatable bonds is 2. The molecule has 1 heterocycles. The van der Waals surface area contributed by atoms with E-state index in [4.69, 9.17) is 5.73 Å². The molecule has 0 saturated carbocycles. The lowest BCUT2D eigenvalue weighted by molar-refractivity contribution is 1.30. The molecular formula is C16H11N3S. The van der Waals surface area contributed by atoms with Crippen molar-refractivity contribution in [3.05, 3.63) is 60.3 Å². The van der Waals surface area contributed by atoms with Crippen molar-refractivity contribution in [2.24, 2.45) is 0 Å². The maximum absolute atomic E-state index is 9.29. The summed E-state index contributed by atoms with van der Waals surface area (Å²) in [5.74, 6) is 0. The second kappa shape index (κ2) is 5.24. The predicted octanol–water partition coefficient (Wildman–Crippen LogP) is 3.84. The zero-order valence-electron chi connectivity index (χ0n) is 10.6. The molecule has 20 heavy (non-hydrogen) atoms. The third-order valence-electron chi connectivity index (χ3n) is 2.98. The Bertz CT molecular complexity index is 821. The van der Waals surface area contributed by atoms with E-state index >= 15 is 0 Å². The molecule has 3 rings (SSSR count). The van der Waals surface area contributed by atoms with E-state index in [-0.39, 0.29) is 0 Å². The van der Waals surface area contributed by atoms with Gasteiger partial charge in [0.15, 0.2) is 0 Å². The Balaban J connectivity index is 2.20. The van der Waals surface area contributed by atoms with E-state index < -0.39 is 0 Å². The molecule has 96 valence electrons. The molecule has 0 aliphatic rings. The first-order valence-electron chi connectivity index (χ1n) is 6.10. The topological polar surface area (TPSA) is 62.7 Å². The molecular weight excluding hydrogens is 266 g/mol. The van der Waals surface area contributed by atoms with Gasteiger partial charge in [-0.1, -0.05) is 42.1 Å². The Labute approximate surface area is 121 Å². The van der Waals surface area contributed by atoms with Crippen molar-refractivity contribution < 1.29 is 0 Å². The Hall–Kier alpha value is -2.51. The van der Waals surface area contributed by atoms with Crippen molar-refractivity contribution >= 4 is 28.4 Å². The number of anilines is 1. The average Bonchev–Trinajstić information content (AvgIpc) is 2.50. The van der Waals surface area contributed by atoms with Crippen LogP contribution in [0.5, 0.6) is 0 Å². The van der Waals surface area contributed by atoms with Crippen molar-refractivity contribution in [2.75, 3.05) is 5.73 Å². The molecule has 1 aromatic heterocycles. The molecule has 0 fully saturated rings. The lowest BCUT2D eigenvalue weighted by atomic mass is 10.2. The molecule has 2 aromatic carbocycles. The molecule has 0 spiro atoms. The summed E-state index contributed by atoms with van der Waals surface area (Å²) in [5, 5.41) is 10.3. The summed E-state index contributed by atoms with van der Waals surface area (Å²) >= 11 is 1.51. The van der Waals surface area contributed by atoms with Crippen LogP contribution < -0.4 is 5.73 Å². The number of pyridine rings is 1. The number of hydrogen-bond donors (Lipinski definition) is 1. The fraction of sp³-hybridized carbons (Fsp3) is 0. The summed E-state index contributed by atoms with van der Waals surface area (Å²) < 4.78 is 0. The highest BCUT2D eigenvalue weighted by atomic mass is 32.2. The van der Waals surface area contributed by atoms with Crippen molar-refractivity contribution in [3.63, 3.8) is 0 Å². The minimum Gasteiger partial charge on any atom is -0.398 e. The molecule has 0 aliphatic heterocycles. The van der Waals surface area contributed by atoms with Crippen LogP contribution in [-0.4, -0.2) is 4.98 Å². The van der Waals surface area contributed by atoms with Crippen LogP contribution in [0.3, 0.4) is 0 Å². The first kappa shape index (κ1) is 12.5. The molecule has 0 aliphatic carbocycles. The van der Waals surface area contributed by atoms with Gasteiger partial charge < -0.3 is 5.73 Å². The number of nitrogens with zero attached hydrogens (tertiary/aromatic N) is 2. The monoisotopic (exact) mass is 277 g/mol. The van der Waals surface area contributed by atoms with Crippen molar-refractivity contribution in [2.45, 2.75) is 9.79 Å². The van der Waals surface area contributed by atoms with Gasteiger partial charge >= 0.3 is 0 Å². The Kier molecular flexibility index (Phi) is 3.28. The molecule has 0 bridgehead atoms. The molecule has 0 saturated heterocycles. The molecule has 0 radical (unpaired) electrons. The SMILES string of the molecule is N#Cc1cnc2ccccc2c1Sc1ccccc1N. The van der Waals surface area contributed by atoms with Gasteiger partial charge in [-0.2, -0.15) is 5.26 Å². The van der Waals surface area contributed by atoms with Gasteiger partial charge in [-0.05, 0) is 18.2 Å². The largest absolute Gasteiger partial charge is 0.398 e. The van der Waals surface area contributed by atoms with E-state index in [1.54, 1.807) is 6.20 Å². The smallest absolute Gasteiger partial charge is 0.102 e. The number of aromatic nitrogens is 1.